The Balaban J connectivity index is 1.89. The summed E-state index contributed by atoms with van der Waals surface area (Å²) >= 11 is 0. The highest BCUT2D eigenvalue weighted by Gasteiger charge is 2.27. The molecule has 5 nitrogen and oxygen atoms in total. The molecular formula is C13H20BN3O2. The third kappa shape index (κ3) is 3.52. The molecule has 0 bridgehead atoms. The maximum Gasteiger partial charge on any atom is 0.410 e. The van der Waals surface area contributed by atoms with Crippen LogP contribution in [0, 0.1) is 0 Å². The number of aromatic nitrogens is 2. The minimum absolute atomic E-state index is 0.237. The molecule has 2 radical (unpaired) electrons. The zero-order valence-corrected chi connectivity index (χ0v) is 11.8. The Hall–Kier alpha value is -1.46. The van der Waals surface area contributed by atoms with E-state index in [4.69, 9.17) is 12.6 Å². The lowest BCUT2D eigenvalue weighted by Gasteiger charge is -2.34. The molecule has 0 spiro atoms. The summed E-state index contributed by atoms with van der Waals surface area (Å²) in [5.41, 5.74) is 0.232. The molecule has 0 aromatic carbocycles. The fourth-order valence-corrected chi connectivity index (χ4v) is 2.25. The van der Waals surface area contributed by atoms with Gasteiger partial charge in [-0.3, -0.25) is 4.68 Å². The molecular weight excluding hydrogens is 241 g/mol. The fourth-order valence-electron chi connectivity index (χ4n) is 2.25. The van der Waals surface area contributed by atoms with Crippen molar-refractivity contribution in [1.29, 1.82) is 0 Å². The zero-order valence-electron chi connectivity index (χ0n) is 11.8. The Kier molecular flexibility index (Phi) is 3.87. The lowest BCUT2D eigenvalue weighted by atomic mass is 10.0. The zero-order chi connectivity index (χ0) is 14.0. The molecule has 1 aromatic rings. The number of likely N-dealkylation sites (tertiary alicyclic amines) is 1. The molecule has 0 saturated carbocycles. The van der Waals surface area contributed by atoms with Crippen LogP contribution in [-0.4, -0.2) is 47.3 Å². The molecule has 1 saturated heterocycles. The summed E-state index contributed by atoms with van der Waals surface area (Å²) in [7, 11) is 5.84. The molecule has 0 N–H and O–H groups in total. The first kappa shape index (κ1) is 14.0. The maximum absolute atomic E-state index is 11.9. The molecule has 102 valence electrons. The van der Waals surface area contributed by atoms with Crippen LogP contribution in [0.15, 0.2) is 12.3 Å². The van der Waals surface area contributed by atoms with Crippen molar-refractivity contribution in [2.45, 2.75) is 45.3 Å². The van der Waals surface area contributed by atoms with Crippen LogP contribution in [0.25, 0.3) is 0 Å². The van der Waals surface area contributed by atoms with Gasteiger partial charge in [-0.05, 0) is 45.3 Å². The molecule has 0 aliphatic carbocycles. The predicted molar refractivity (Wildman–Crippen MR) is 73.7 cm³/mol. The monoisotopic (exact) mass is 261 g/mol. The molecule has 19 heavy (non-hydrogen) atoms. The SMILES string of the molecule is [B]c1ccnn1C1CCN(C(=O)OC(C)(C)C)CC1. The Morgan fingerprint density at radius 2 is 2.05 bits per heavy atom. The van der Waals surface area contributed by atoms with Gasteiger partial charge in [0.1, 0.15) is 13.4 Å². The molecule has 1 amide bonds. The lowest BCUT2D eigenvalue weighted by molar-refractivity contribution is 0.0186. The van der Waals surface area contributed by atoms with Crippen molar-refractivity contribution in [2.75, 3.05) is 13.1 Å². The summed E-state index contributed by atoms with van der Waals surface area (Å²) in [4.78, 5) is 13.7. The van der Waals surface area contributed by atoms with Crippen molar-refractivity contribution in [3.05, 3.63) is 12.3 Å². The van der Waals surface area contributed by atoms with Gasteiger partial charge in [0.25, 0.3) is 0 Å². The second kappa shape index (κ2) is 5.27. The standard InChI is InChI=1S/C13H20BN3O2/c1-13(2,3)19-12(18)16-8-5-10(6-9-16)17-11(14)4-7-15-17/h4,7,10H,5-6,8-9H2,1-3H3. The number of rotatable bonds is 1. The van der Waals surface area contributed by atoms with E-state index >= 15 is 0 Å². The van der Waals surface area contributed by atoms with Gasteiger partial charge < -0.3 is 9.64 Å². The van der Waals surface area contributed by atoms with Crippen LogP contribution >= 0.6 is 0 Å². The van der Waals surface area contributed by atoms with Crippen molar-refractivity contribution in [1.82, 2.24) is 14.7 Å². The van der Waals surface area contributed by atoms with E-state index < -0.39 is 5.60 Å². The Morgan fingerprint density at radius 3 is 2.53 bits per heavy atom. The van der Waals surface area contributed by atoms with Gasteiger partial charge in [-0.15, -0.1) is 0 Å². The van der Waals surface area contributed by atoms with Gasteiger partial charge in [-0.2, -0.15) is 5.10 Å². The first-order valence-corrected chi connectivity index (χ1v) is 6.64. The average molecular weight is 261 g/mol. The molecule has 0 atom stereocenters. The first-order chi connectivity index (χ1) is 8.87. The average Bonchev–Trinajstić information content (AvgIpc) is 2.73. The van der Waals surface area contributed by atoms with Gasteiger partial charge in [0.15, 0.2) is 0 Å². The van der Waals surface area contributed by atoms with E-state index in [1.54, 1.807) is 17.2 Å². The van der Waals surface area contributed by atoms with E-state index in [2.05, 4.69) is 5.10 Å². The number of ether oxygens (including phenoxy) is 1. The van der Waals surface area contributed by atoms with Crippen molar-refractivity contribution < 1.29 is 9.53 Å². The summed E-state index contributed by atoms with van der Waals surface area (Å²) < 4.78 is 7.21. The summed E-state index contributed by atoms with van der Waals surface area (Å²) in [5.74, 6) is 0. The van der Waals surface area contributed by atoms with Crippen molar-refractivity contribution in [3.63, 3.8) is 0 Å². The number of hydrogen-bond donors (Lipinski definition) is 0. The van der Waals surface area contributed by atoms with Crippen LogP contribution in [0.5, 0.6) is 0 Å². The fraction of sp³-hybridized carbons (Fsp3) is 0.692. The highest BCUT2D eigenvalue weighted by molar-refractivity contribution is 6.30. The smallest absolute Gasteiger partial charge is 0.410 e. The molecule has 1 aromatic heterocycles. The van der Waals surface area contributed by atoms with Crippen molar-refractivity contribution >= 4 is 19.5 Å². The number of piperidine rings is 1. The van der Waals surface area contributed by atoms with Gasteiger partial charge in [0, 0.05) is 19.3 Å². The number of nitrogens with zero attached hydrogens (tertiary/aromatic N) is 3. The second-order valence-corrected chi connectivity index (χ2v) is 5.90. The van der Waals surface area contributed by atoms with Crippen LogP contribution in [0.1, 0.15) is 39.7 Å². The van der Waals surface area contributed by atoms with Crippen LogP contribution in [0.2, 0.25) is 0 Å². The highest BCUT2D eigenvalue weighted by Crippen LogP contribution is 2.22. The van der Waals surface area contributed by atoms with Gasteiger partial charge in [0.2, 0.25) is 0 Å². The number of hydrogen-bond acceptors (Lipinski definition) is 3. The third-order valence-electron chi connectivity index (χ3n) is 3.16. The molecule has 6 heteroatoms. The summed E-state index contributed by atoms with van der Waals surface area (Å²) in [6.07, 6.45) is 3.17. The molecule has 2 heterocycles. The minimum Gasteiger partial charge on any atom is -0.444 e. The quantitative estimate of drug-likeness (QED) is 0.715. The van der Waals surface area contributed by atoms with Crippen LogP contribution in [-0.2, 0) is 4.74 Å². The van der Waals surface area contributed by atoms with E-state index in [0.29, 0.717) is 18.7 Å². The minimum atomic E-state index is -0.444. The van der Waals surface area contributed by atoms with E-state index in [9.17, 15) is 4.79 Å². The van der Waals surface area contributed by atoms with Crippen molar-refractivity contribution in [2.24, 2.45) is 0 Å². The normalized spacial score (nSPS) is 17.5. The largest absolute Gasteiger partial charge is 0.444 e. The van der Waals surface area contributed by atoms with Crippen molar-refractivity contribution in [3.8, 4) is 0 Å². The van der Waals surface area contributed by atoms with E-state index in [-0.39, 0.29) is 12.1 Å². The van der Waals surface area contributed by atoms with Gasteiger partial charge in [-0.25, -0.2) is 4.79 Å². The van der Waals surface area contributed by atoms with E-state index in [1.807, 2.05) is 25.5 Å². The van der Waals surface area contributed by atoms with E-state index in [1.165, 1.54) is 0 Å². The molecule has 0 unspecified atom stereocenters. The van der Waals surface area contributed by atoms with Crippen LogP contribution in [0.3, 0.4) is 0 Å². The Morgan fingerprint density at radius 1 is 1.42 bits per heavy atom. The third-order valence-corrected chi connectivity index (χ3v) is 3.16. The van der Waals surface area contributed by atoms with Gasteiger partial charge in [-0.1, -0.05) is 0 Å². The Bertz CT molecular complexity index is 445. The maximum atomic E-state index is 11.9. The van der Waals surface area contributed by atoms with E-state index in [0.717, 1.165) is 12.8 Å². The Labute approximate surface area is 115 Å². The highest BCUT2D eigenvalue weighted by atomic mass is 16.6. The lowest BCUT2D eigenvalue weighted by Crippen LogP contribution is -2.43. The second-order valence-electron chi connectivity index (χ2n) is 5.90. The predicted octanol–water partition coefficient (Wildman–Crippen LogP) is 1.25. The summed E-state index contributed by atoms with van der Waals surface area (Å²) in [6.45, 7) is 6.99. The van der Waals surface area contributed by atoms with Gasteiger partial charge >= 0.3 is 6.09 Å². The summed E-state index contributed by atoms with van der Waals surface area (Å²) in [6, 6.07) is 2.06. The van der Waals surface area contributed by atoms with Gasteiger partial charge in [0.05, 0.1) is 6.04 Å². The topological polar surface area (TPSA) is 47.4 Å². The van der Waals surface area contributed by atoms with Crippen LogP contribution < -0.4 is 5.59 Å². The number of carbonyl (C=O) groups is 1. The molecule has 1 aliphatic heterocycles. The molecule has 1 aliphatic rings. The summed E-state index contributed by atoms with van der Waals surface area (Å²) in [5, 5.41) is 4.23. The molecule has 1 fully saturated rings. The molecule has 2 rings (SSSR count). The first-order valence-electron chi connectivity index (χ1n) is 6.64. The number of amides is 1. The van der Waals surface area contributed by atoms with Crippen LogP contribution in [0.4, 0.5) is 4.79 Å². The number of carbonyl (C=O) groups excluding carboxylic acids is 1.